The highest BCUT2D eigenvalue weighted by molar-refractivity contribution is 8.00. The number of nitrogens with zero attached hydrogens (tertiary/aromatic N) is 3. The molecule has 0 aliphatic carbocycles. The van der Waals surface area contributed by atoms with Gasteiger partial charge >= 0.3 is 0 Å². The number of anilines is 1. The number of benzene rings is 3. The summed E-state index contributed by atoms with van der Waals surface area (Å²) in [6.07, 6.45) is 0. The summed E-state index contributed by atoms with van der Waals surface area (Å²) in [4.78, 5) is 30.5. The Labute approximate surface area is 191 Å². The molecule has 1 unspecified atom stereocenters. The molecule has 164 valence electrons. The van der Waals surface area contributed by atoms with E-state index in [9.17, 15) is 23.6 Å². The Morgan fingerprint density at radius 3 is 2.61 bits per heavy atom. The third kappa shape index (κ3) is 4.47. The van der Waals surface area contributed by atoms with Crippen LogP contribution in [0.25, 0.3) is 16.6 Å². The first-order chi connectivity index (χ1) is 15.9. The summed E-state index contributed by atoms with van der Waals surface area (Å²) in [5.74, 6) is -2.15. The molecule has 0 saturated heterocycles. The number of fused-ring (bicyclic) bond motifs is 1. The Balaban J connectivity index is 1.76. The molecule has 1 heterocycles. The molecule has 0 radical (unpaired) electrons. The summed E-state index contributed by atoms with van der Waals surface area (Å²) in [5, 5.41) is 11.5. The Morgan fingerprint density at radius 1 is 1.12 bits per heavy atom. The van der Waals surface area contributed by atoms with Gasteiger partial charge in [0.15, 0.2) is 5.16 Å². The summed E-state index contributed by atoms with van der Waals surface area (Å²) >= 11 is 0.944. The predicted molar refractivity (Wildman–Crippen MR) is 122 cm³/mol. The quantitative estimate of drug-likeness (QED) is 0.344. The van der Waals surface area contributed by atoms with Gasteiger partial charge in [-0.3, -0.25) is 14.2 Å². The van der Waals surface area contributed by atoms with Crippen molar-refractivity contribution in [3.63, 3.8) is 0 Å². The van der Waals surface area contributed by atoms with E-state index in [4.69, 9.17) is 0 Å². The zero-order chi connectivity index (χ0) is 23.5. The molecule has 4 rings (SSSR count). The highest BCUT2D eigenvalue weighted by Crippen LogP contribution is 2.27. The van der Waals surface area contributed by atoms with Crippen LogP contribution in [0.4, 0.5) is 14.5 Å². The number of aromatic nitrogens is 2. The number of nitriles is 1. The molecule has 1 atom stereocenters. The van der Waals surface area contributed by atoms with Crippen LogP contribution < -0.4 is 10.9 Å². The fourth-order valence-electron chi connectivity index (χ4n) is 3.20. The van der Waals surface area contributed by atoms with Gasteiger partial charge in [-0.15, -0.1) is 0 Å². The minimum Gasteiger partial charge on any atom is -0.324 e. The molecule has 1 aromatic heterocycles. The molecule has 0 bridgehead atoms. The van der Waals surface area contributed by atoms with Crippen LogP contribution >= 0.6 is 11.8 Å². The molecular formula is C24H16F2N4O2S. The molecule has 1 N–H and O–H groups in total. The van der Waals surface area contributed by atoms with E-state index in [0.717, 1.165) is 28.5 Å². The van der Waals surface area contributed by atoms with E-state index in [0.29, 0.717) is 22.8 Å². The number of amides is 1. The zero-order valence-electron chi connectivity index (χ0n) is 17.3. The predicted octanol–water partition coefficient (Wildman–Crippen LogP) is 4.65. The van der Waals surface area contributed by atoms with Gasteiger partial charge in [0.25, 0.3) is 5.56 Å². The van der Waals surface area contributed by atoms with Crippen LogP contribution in [0.1, 0.15) is 12.5 Å². The summed E-state index contributed by atoms with van der Waals surface area (Å²) < 4.78 is 29.1. The number of halogens is 2. The third-order valence-electron chi connectivity index (χ3n) is 4.85. The molecular weight excluding hydrogens is 446 g/mol. The van der Waals surface area contributed by atoms with Crippen molar-refractivity contribution in [2.75, 3.05) is 5.32 Å². The maximum Gasteiger partial charge on any atom is 0.266 e. The van der Waals surface area contributed by atoms with Crippen LogP contribution in [0, 0.1) is 23.0 Å². The van der Waals surface area contributed by atoms with Crippen molar-refractivity contribution in [1.82, 2.24) is 9.55 Å². The standard InChI is InChI=1S/C24H16F2N4O2S/c1-14(22(31)28-19-8-4-2-6-15(19)13-27)33-24-29-20-9-5-3-7-17(20)23(32)30(24)21-11-10-16(25)12-18(21)26/h2-12,14H,1H3,(H,28,31). The van der Waals surface area contributed by atoms with Crippen molar-refractivity contribution in [2.24, 2.45) is 0 Å². The number of thioether (sulfide) groups is 1. The lowest BCUT2D eigenvalue weighted by Crippen LogP contribution is -2.27. The maximum atomic E-state index is 14.6. The summed E-state index contributed by atoms with van der Waals surface area (Å²) in [6, 6.07) is 18.0. The molecule has 0 saturated carbocycles. The van der Waals surface area contributed by atoms with Crippen LogP contribution in [0.3, 0.4) is 0 Å². The second-order valence-electron chi connectivity index (χ2n) is 7.05. The summed E-state index contributed by atoms with van der Waals surface area (Å²) in [6.45, 7) is 1.60. The highest BCUT2D eigenvalue weighted by atomic mass is 32.2. The van der Waals surface area contributed by atoms with Crippen molar-refractivity contribution < 1.29 is 13.6 Å². The van der Waals surface area contributed by atoms with Gasteiger partial charge in [0, 0.05) is 6.07 Å². The largest absolute Gasteiger partial charge is 0.324 e. The van der Waals surface area contributed by atoms with E-state index in [1.54, 1.807) is 55.5 Å². The zero-order valence-corrected chi connectivity index (χ0v) is 18.1. The highest BCUT2D eigenvalue weighted by Gasteiger charge is 2.22. The first-order valence-corrected chi connectivity index (χ1v) is 10.7. The van der Waals surface area contributed by atoms with Gasteiger partial charge in [0.05, 0.1) is 33.1 Å². The molecule has 9 heteroatoms. The third-order valence-corrected chi connectivity index (χ3v) is 5.90. The number of carbonyl (C=O) groups is 1. The van der Waals surface area contributed by atoms with Crippen LogP contribution in [0.15, 0.2) is 76.7 Å². The lowest BCUT2D eigenvalue weighted by Gasteiger charge is -2.17. The fourth-order valence-corrected chi connectivity index (χ4v) is 4.12. The monoisotopic (exact) mass is 462 g/mol. The molecule has 1 amide bonds. The maximum absolute atomic E-state index is 14.6. The molecule has 4 aromatic rings. The van der Waals surface area contributed by atoms with E-state index in [-0.39, 0.29) is 16.2 Å². The normalized spacial score (nSPS) is 11.7. The number of rotatable bonds is 5. The van der Waals surface area contributed by atoms with E-state index in [1.165, 1.54) is 0 Å². The number of para-hydroxylation sites is 2. The molecule has 3 aromatic carbocycles. The van der Waals surface area contributed by atoms with E-state index in [1.807, 2.05) is 6.07 Å². The Kier molecular flexibility index (Phi) is 6.20. The van der Waals surface area contributed by atoms with Gasteiger partial charge in [-0.25, -0.2) is 13.8 Å². The molecule has 0 fully saturated rings. The summed E-state index contributed by atoms with van der Waals surface area (Å²) in [7, 11) is 0. The average molecular weight is 462 g/mol. The lowest BCUT2D eigenvalue weighted by atomic mass is 10.2. The van der Waals surface area contributed by atoms with Crippen molar-refractivity contribution >= 4 is 34.3 Å². The number of carbonyl (C=O) groups excluding carboxylic acids is 1. The smallest absolute Gasteiger partial charge is 0.266 e. The van der Waals surface area contributed by atoms with Gasteiger partial charge in [0.2, 0.25) is 5.91 Å². The molecule has 0 aliphatic heterocycles. The van der Waals surface area contributed by atoms with Gasteiger partial charge in [0.1, 0.15) is 17.7 Å². The first kappa shape index (κ1) is 22.2. The number of nitrogens with one attached hydrogen (secondary N) is 1. The Bertz CT molecular complexity index is 1480. The summed E-state index contributed by atoms with van der Waals surface area (Å²) in [5.41, 5.74) is 0.315. The van der Waals surface area contributed by atoms with Crippen LogP contribution in [0.5, 0.6) is 0 Å². The van der Waals surface area contributed by atoms with Gasteiger partial charge in [-0.2, -0.15) is 5.26 Å². The van der Waals surface area contributed by atoms with E-state index >= 15 is 0 Å². The van der Waals surface area contributed by atoms with Gasteiger partial charge in [-0.05, 0) is 43.3 Å². The Hall–Kier alpha value is -4.03. The van der Waals surface area contributed by atoms with E-state index < -0.39 is 28.4 Å². The van der Waals surface area contributed by atoms with Gasteiger partial charge in [-0.1, -0.05) is 36.0 Å². The molecule has 0 spiro atoms. The molecule has 0 aliphatic rings. The van der Waals surface area contributed by atoms with Crippen molar-refractivity contribution in [3.05, 3.63) is 94.3 Å². The number of hydrogen-bond acceptors (Lipinski definition) is 5. The topological polar surface area (TPSA) is 87.8 Å². The average Bonchev–Trinajstić information content (AvgIpc) is 2.80. The van der Waals surface area contributed by atoms with Crippen molar-refractivity contribution in [2.45, 2.75) is 17.3 Å². The Morgan fingerprint density at radius 2 is 1.85 bits per heavy atom. The first-order valence-electron chi connectivity index (χ1n) is 9.83. The van der Waals surface area contributed by atoms with Crippen LogP contribution in [0.2, 0.25) is 0 Å². The lowest BCUT2D eigenvalue weighted by molar-refractivity contribution is -0.115. The van der Waals surface area contributed by atoms with E-state index in [2.05, 4.69) is 10.3 Å². The van der Waals surface area contributed by atoms with Gasteiger partial charge < -0.3 is 5.32 Å². The minimum atomic E-state index is -0.934. The fraction of sp³-hybridized carbons (Fsp3) is 0.0833. The second kappa shape index (κ2) is 9.22. The van der Waals surface area contributed by atoms with Crippen molar-refractivity contribution in [1.29, 1.82) is 5.26 Å². The van der Waals surface area contributed by atoms with Crippen LogP contribution in [-0.4, -0.2) is 20.7 Å². The number of hydrogen-bond donors (Lipinski definition) is 1. The van der Waals surface area contributed by atoms with Crippen molar-refractivity contribution in [3.8, 4) is 11.8 Å². The molecule has 6 nitrogen and oxygen atoms in total. The SMILES string of the molecule is CC(Sc1nc2ccccc2c(=O)n1-c1ccc(F)cc1F)C(=O)Nc1ccccc1C#N. The van der Waals surface area contributed by atoms with Crippen LogP contribution in [-0.2, 0) is 4.79 Å². The minimum absolute atomic E-state index is 0.0698. The molecule has 33 heavy (non-hydrogen) atoms. The second-order valence-corrected chi connectivity index (χ2v) is 8.36.